The number of pyridine rings is 1. The molecule has 2 fully saturated rings. The number of likely N-dealkylation sites (tertiary alicyclic amines) is 1. The van der Waals surface area contributed by atoms with Gasteiger partial charge in [-0.2, -0.15) is 0 Å². The SMILES string of the molecule is CNc1ncccc1CN1C[C@@H]2OCC(=O)N(Cc3ccccc3)[C@H]2C1. The Kier molecular flexibility index (Phi) is 4.86. The van der Waals surface area contributed by atoms with Crippen molar-refractivity contribution in [3.8, 4) is 0 Å². The molecule has 1 aromatic heterocycles. The Labute approximate surface area is 153 Å². The number of aromatic nitrogens is 1. The fourth-order valence-electron chi connectivity index (χ4n) is 3.89. The lowest BCUT2D eigenvalue weighted by molar-refractivity contribution is -0.153. The molecule has 0 spiro atoms. The number of morpholine rings is 1. The molecule has 0 aliphatic carbocycles. The van der Waals surface area contributed by atoms with Crippen LogP contribution in [0.15, 0.2) is 48.7 Å². The number of hydrogen-bond acceptors (Lipinski definition) is 5. The first-order valence-corrected chi connectivity index (χ1v) is 9.03. The van der Waals surface area contributed by atoms with Crippen LogP contribution >= 0.6 is 0 Å². The molecule has 2 aromatic rings. The molecule has 0 unspecified atom stereocenters. The lowest BCUT2D eigenvalue weighted by atomic mass is 10.1. The van der Waals surface area contributed by atoms with Crippen LogP contribution in [-0.2, 0) is 22.6 Å². The third-order valence-electron chi connectivity index (χ3n) is 5.17. The Morgan fingerprint density at radius 2 is 2.00 bits per heavy atom. The van der Waals surface area contributed by atoms with Gasteiger partial charge >= 0.3 is 0 Å². The monoisotopic (exact) mass is 352 g/mol. The number of carbonyl (C=O) groups excluding carboxylic acids is 1. The Morgan fingerprint density at radius 1 is 1.15 bits per heavy atom. The number of nitrogens with zero attached hydrogens (tertiary/aromatic N) is 3. The largest absolute Gasteiger partial charge is 0.373 e. The highest BCUT2D eigenvalue weighted by molar-refractivity contribution is 5.78. The van der Waals surface area contributed by atoms with Crippen molar-refractivity contribution in [1.29, 1.82) is 0 Å². The van der Waals surface area contributed by atoms with Crippen LogP contribution in [0.2, 0.25) is 0 Å². The van der Waals surface area contributed by atoms with Crippen LogP contribution in [-0.4, -0.2) is 59.6 Å². The molecular formula is C20H24N4O2. The van der Waals surface area contributed by atoms with E-state index in [-0.39, 0.29) is 24.7 Å². The van der Waals surface area contributed by atoms with Gasteiger partial charge in [0.2, 0.25) is 5.91 Å². The van der Waals surface area contributed by atoms with Gasteiger partial charge in [0.25, 0.3) is 0 Å². The highest BCUT2D eigenvalue weighted by Gasteiger charge is 2.43. The second-order valence-electron chi connectivity index (χ2n) is 6.88. The molecule has 6 heteroatoms. The van der Waals surface area contributed by atoms with E-state index in [1.54, 1.807) is 6.20 Å². The van der Waals surface area contributed by atoms with E-state index in [9.17, 15) is 4.79 Å². The summed E-state index contributed by atoms with van der Waals surface area (Å²) in [7, 11) is 1.89. The number of amides is 1. The van der Waals surface area contributed by atoms with E-state index in [4.69, 9.17) is 4.74 Å². The minimum atomic E-state index is 0.0751. The van der Waals surface area contributed by atoms with Gasteiger partial charge in [-0.3, -0.25) is 9.69 Å². The average molecular weight is 352 g/mol. The van der Waals surface area contributed by atoms with Gasteiger partial charge in [-0.05, 0) is 11.6 Å². The van der Waals surface area contributed by atoms with Crippen LogP contribution < -0.4 is 5.32 Å². The molecule has 3 heterocycles. The van der Waals surface area contributed by atoms with Crippen molar-refractivity contribution in [2.75, 3.05) is 32.1 Å². The zero-order valence-electron chi connectivity index (χ0n) is 15.0. The van der Waals surface area contributed by atoms with E-state index >= 15 is 0 Å². The quantitative estimate of drug-likeness (QED) is 0.888. The number of hydrogen-bond donors (Lipinski definition) is 1. The zero-order valence-corrected chi connectivity index (χ0v) is 15.0. The fraction of sp³-hybridized carbons (Fsp3) is 0.400. The predicted octanol–water partition coefficient (Wildman–Crippen LogP) is 1.74. The highest BCUT2D eigenvalue weighted by atomic mass is 16.5. The molecule has 0 saturated carbocycles. The van der Waals surface area contributed by atoms with Gasteiger partial charge in [0.05, 0.1) is 12.1 Å². The van der Waals surface area contributed by atoms with Crippen molar-refractivity contribution >= 4 is 11.7 Å². The lowest BCUT2D eigenvalue weighted by Crippen LogP contribution is -2.53. The smallest absolute Gasteiger partial charge is 0.249 e. The van der Waals surface area contributed by atoms with Crippen LogP contribution in [0, 0.1) is 0 Å². The molecular weight excluding hydrogens is 328 g/mol. The molecule has 1 amide bonds. The van der Waals surface area contributed by atoms with E-state index in [0.717, 1.165) is 36.6 Å². The maximum absolute atomic E-state index is 12.5. The maximum atomic E-state index is 12.5. The summed E-state index contributed by atoms with van der Waals surface area (Å²) in [4.78, 5) is 21.2. The van der Waals surface area contributed by atoms with E-state index in [0.29, 0.717) is 6.54 Å². The molecule has 2 aliphatic rings. The normalized spacial score (nSPS) is 23.1. The van der Waals surface area contributed by atoms with Crippen LogP contribution in [0.25, 0.3) is 0 Å². The number of ether oxygens (including phenoxy) is 1. The Hall–Kier alpha value is -2.44. The van der Waals surface area contributed by atoms with Crippen molar-refractivity contribution in [3.05, 3.63) is 59.8 Å². The summed E-state index contributed by atoms with van der Waals surface area (Å²) in [6.07, 6.45) is 1.87. The third kappa shape index (κ3) is 3.43. The van der Waals surface area contributed by atoms with E-state index < -0.39 is 0 Å². The predicted molar refractivity (Wildman–Crippen MR) is 99.6 cm³/mol. The number of anilines is 1. The maximum Gasteiger partial charge on any atom is 0.249 e. The number of carbonyl (C=O) groups is 1. The van der Waals surface area contributed by atoms with Gasteiger partial charge < -0.3 is 15.0 Å². The van der Waals surface area contributed by atoms with Gasteiger partial charge in [-0.25, -0.2) is 4.98 Å². The second-order valence-corrected chi connectivity index (χ2v) is 6.88. The summed E-state index contributed by atoms with van der Waals surface area (Å²) >= 11 is 0. The number of fused-ring (bicyclic) bond motifs is 1. The Balaban J connectivity index is 1.48. The minimum Gasteiger partial charge on any atom is -0.373 e. The van der Waals surface area contributed by atoms with Crippen molar-refractivity contribution in [3.63, 3.8) is 0 Å². The molecule has 0 bridgehead atoms. The molecule has 1 N–H and O–H groups in total. The van der Waals surface area contributed by atoms with Crippen LogP contribution in [0.4, 0.5) is 5.82 Å². The molecule has 6 nitrogen and oxygen atoms in total. The first-order valence-electron chi connectivity index (χ1n) is 9.03. The zero-order chi connectivity index (χ0) is 17.9. The van der Waals surface area contributed by atoms with E-state index in [1.807, 2.05) is 36.2 Å². The Morgan fingerprint density at radius 3 is 2.81 bits per heavy atom. The second kappa shape index (κ2) is 7.43. The highest BCUT2D eigenvalue weighted by Crippen LogP contribution is 2.27. The first kappa shape index (κ1) is 17.0. The summed E-state index contributed by atoms with van der Waals surface area (Å²) in [5.74, 6) is 0.981. The molecule has 4 rings (SSSR count). The van der Waals surface area contributed by atoms with Gasteiger partial charge in [0, 0.05) is 45.0 Å². The van der Waals surface area contributed by atoms with Crippen molar-refractivity contribution in [2.24, 2.45) is 0 Å². The van der Waals surface area contributed by atoms with Crippen molar-refractivity contribution in [1.82, 2.24) is 14.8 Å². The topological polar surface area (TPSA) is 57.7 Å². The summed E-state index contributed by atoms with van der Waals surface area (Å²) in [6, 6.07) is 14.3. The van der Waals surface area contributed by atoms with E-state index in [1.165, 1.54) is 0 Å². The van der Waals surface area contributed by atoms with Crippen LogP contribution in [0.1, 0.15) is 11.1 Å². The van der Waals surface area contributed by atoms with E-state index in [2.05, 4.69) is 33.4 Å². The average Bonchev–Trinajstić information content (AvgIpc) is 3.08. The summed E-state index contributed by atoms with van der Waals surface area (Å²) in [5.41, 5.74) is 2.32. The molecule has 136 valence electrons. The lowest BCUT2D eigenvalue weighted by Gasteiger charge is -2.36. The third-order valence-corrected chi connectivity index (χ3v) is 5.17. The molecule has 26 heavy (non-hydrogen) atoms. The minimum absolute atomic E-state index is 0.0751. The number of benzene rings is 1. The van der Waals surface area contributed by atoms with Crippen molar-refractivity contribution < 1.29 is 9.53 Å². The van der Waals surface area contributed by atoms with Crippen molar-refractivity contribution in [2.45, 2.75) is 25.2 Å². The summed E-state index contributed by atoms with van der Waals surface area (Å²) in [6.45, 7) is 3.28. The summed E-state index contributed by atoms with van der Waals surface area (Å²) < 4.78 is 5.84. The first-order chi connectivity index (χ1) is 12.7. The van der Waals surface area contributed by atoms with Gasteiger partial charge in [0.1, 0.15) is 12.4 Å². The molecule has 0 radical (unpaired) electrons. The molecule has 2 atom stereocenters. The van der Waals surface area contributed by atoms with Crippen LogP contribution in [0.5, 0.6) is 0 Å². The standard InChI is InChI=1S/C20H24N4O2/c1-21-20-16(8-5-9-22-20)11-23-12-17-18(13-23)26-14-19(25)24(17)10-15-6-3-2-4-7-15/h2-9,17-18H,10-14H2,1H3,(H,21,22)/t17-,18-/m0/s1. The van der Waals surface area contributed by atoms with Gasteiger partial charge in [0.15, 0.2) is 0 Å². The number of rotatable bonds is 5. The van der Waals surface area contributed by atoms with Gasteiger partial charge in [-0.15, -0.1) is 0 Å². The molecule has 2 aliphatic heterocycles. The molecule has 1 aromatic carbocycles. The molecule has 2 saturated heterocycles. The van der Waals surface area contributed by atoms with Gasteiger partial charge in [-0.1, -0.05) is 36.4 Å². The number of nitrogens with one attached hydrogen (secondary N) is 1. The van der Waals surface area contributed by atoms with Crippen LogP contribution in [0.3, 0.4) is 0 Å². The Bertz CT molecular complexity index is 767. The fourth-order valence-corrected chi connectivity index (χ4v) is 3.89. The summed E-state index contributed by atoms with van der Waals surface area (Å²) in [5, 5.41) is 3.15.